The van der Waals surface area contributed by atoms with Crippen LogP contribution in [-0.4, -0.2) is 33.7 Å². The number of nitrogens with one attached hydrogen (secondary N) is 1. The molecule has 7 nitrogen and oxygen atoms in total. The minimum Gasteiger partial charge on any atom is -0.490 e. The van der Waals surface area contributed by atoms with Crippen molar-refractivity contribution in [2.75, 3.05) is 13.2 Å². The van der Waals surface area contributed by atoms with Gasteiger partial charge in [-0.05, 0) is 38.1 Å². The summed E-state index contributed by atoms with van der Waals surface area (Å²) in [6, 6.07) is 6.97. The monoisotopic (exact) mass is 340 g/mol. The van der Waals surface area contributed by atoms with Crippen molar-refractivity contribution in [2.24, 2.45) is 0 Å². The topological polar surface area (TPSA) is 77.8 Å². The molecule has 1 N–H and O–H groups in total. The number of carbonyl (C=O) groups excluding carboxylic acids is 1. The molecule has 3 rings (SSSR count). The van der Waals surface area contributed by atoms with E-state index in [1.54, 1.807) is 41.2 Å². The lowest BCUT2D eigenvalue weighted by molar-refractivity contribution is 0.0950. The van der Waals surface area contributed by atoms with Gasteiger partial charge in [0.2, 0.25) is 0 Å². The van der Waals surface area contributed by atoms with E-state index in [0.29, 0.717) is 36.8 Å². The van der Waals surface area contributed by atoms with Crippen LogP contribution in [-0.2, 0) is 6.54 Å². The molecular weight excluding hydrogens is 320 g/mol. The minimum absolute atomic E-state index is 0.195. The number of benzene rings is 1. The van der Waals surface area contributed by atoms with E-state index >= 15 is 0 Å². The summed E-state index contributed by atoms with van der Waals surface area (Å²) in [6.45, 7) is 5.17. The maximum atomic E-state index is 12.4. The second-order valence-electron chi connectivity index (χ2n) is 5.27. The third-order valence-corrected chi connectivity index (χ3v) is 3.60. The lowest BCUT2D eigenvalue weighted by Gasteiger charge is -2.12. The molecule has 2 aromatic heterocycles. The van der Waals surface area contributed by atoms with Gasteiger partial charge < -0.3 is 14.8 Å². The third kappa shape index (κ3) is 3.71. The molecule has 0 aliphatic heterocycles. The Morgan fingerprint density at radius 3 is 2.80 bits per heavy atom. The molecule has 0 atom stereocenters. The Morgan fingerprint density at radius 1 is 1.20 bits per heavy atom. The molecule has 0 bridgehead atoms. The van der Waals surface area contributed by atoms with Gasteiger partial charge in [-0.3, -0.25) is 4.79 Å². The first kappa shape index (κ1) is 16.8. The molecule has 1 amide bonds. The number of nitrogens with zero attached hydrogens (tertiary/aromatic N) is 3. The number of fused-ring (bicyclic) bond motifs is 1. The predicted molar refractivity (Wildman–Crippen MR) is 92.9 cm³/mol. The van der Waals surface area contributed by atoms with Crippen LogP contribution in [0.2, 0.25) is 0 Å². The summed E-state index contributed by atoms with van der Waals surface area (Å²) in [4.78, 5) is 16.7. The van der Waals surface area contributed by atoms with E-state index in [4.69, 9.17) is 9.47 Å². The second-order valence-corrected chi connectivity index (χ2v) is 5.27. The zero-order valence-electron chi connectivity index (χ0n) is 14.2. The first-order valence-corrected chi connectivity index (χ1v) is 8.18. The number of rotatable bonds is 7. The molecule has 0 saturated carbocycles. The van der Waals surface area contributed by atoms with Crippen molar-refractivity contribution >= 4 is 11.6 Å². The van der Waals surface area contributed by atoms with E-state index in [1.807, 2.05) is 20.0 Å². The van der Waals surface area contributed by atoms with Crippen molar-refractivity contribution in [3.05, 3.63) is 54.0 Å². The van der Waals surface area contributed by atoms with Gasteiger partial charge in [-0.15, -0.1) is 0 Å². The Morgan fingerprint density at radius 2 is 2.00 bits per heavy atom. The van der Waals surface area contributed by atoms with Gasteiger partial charge in [0.05, 0.1) is 19.4 Å². The summed E-state index contributed by atoms with van der Waals surface area (Å²) in [6.07, 6.45) is 5.21. The largest absolute Gasteiger partial charge is 0.490 e. The summed E-state index contributed by atoms with van der Waals surface area (Å²) in [5.41, 5.74) is 2.09. The Bertz CT molecular complexity index is 876. The van der Waals surface area contributed by atoms with Gasteiger partial charge in [0.1, 0.15) is 0 Å². The first-order valence-electron chi connectivity index (χ1n) is 8.18. The third-order valence-electron chi connectivity index (χ3n) is 3.60. The molecule has 7 heteroatoms. The number of hydrogen-bond acceptors (Lipinski definition) is 5. The van der Waals surface area contributed by atoms with Gasteiger partial charge in [-0.2, -0.15) is 5.10 Å². The van der Waals surface area contributed by atoms with Gasteiger partial charge >= 0.3 is 0 Å². The highest BCUT2D eigenvalue weighted by Gasteiger charge is 2.12. The zero-order chi connectivity index (χ0) is 17.6. The summed E-state index contributed by atoms with van der Waals surface area (Å²) in [5.74, 6) is 1.00. The molecule has 0 spiro atoms. The van der Waals surface area contributed by atoms with E-state index in [2.05, 4.69) is 15.4 Å². The Labute approximate surface area is 145 Å². The fraction of sp³-hybridized carbons (Fsp3) is 0.278. The normalized spacial score (nSPS) is 10.6. The second kappa shape index (κ2) is 7.65. The number of ether oxygens (including phenoxy) is 2. The van der Waals surface area contributed by atoms with Crippen LogP contribution in [0.3, 0.4) is 0 Å². The average molecular weight is 340 g/mol. The fourth-order valence-corrected chi connectivity index (χ4v) is 2.47. The molecule has 130 valence electrons. The van der Waals surface area contributed by atoms with Gasteiger partial charge in [0.15, 0.2) is 17.1 Å². The fourth-order valence-electron chi connectivity index (χ4n) is 2.47. The van der Waals surface area contributed by atoms with Crippen LogP contribution in [0, 0.1) is 0 Å². The van der Waals surface area contributed by atoms with Crippen LogP contribution in [0.1, 0.15) is 29.8 Å². The lowest BCUT2D eigenvalue weighted by Crippen LogP contribution is -2.22. The van der Waals surface area contributed by atoms with Crippen molar-refractivity contribution in [3.8, 4) is 11.5 Å². The van der Waals surface area contributed by atoms with Crippen molar-refractivity contribution in [1.82, 2.24) is 19.9 Å². The zero-order valence-corrected chi connectivity index (χ0v) is 14.2. The van der Waals surface area contributed by atoms with Crippen molar-refractivity contribution in [1.29, 1.82) is 0 Å². The molecule has 1 aromatic carbocycles. The van der Waals surface area contributed by atoms with Gasteiger partial charge in [-0.1, -0.05) is 0 Å². The Balaban J connectivity index is 1.73. The molecular formula is C18H20N4O3. The number of aromatic nitrogens is 3. The van der Waals surface area contributed by atoms with E-state index in [1.165, 1.54) is 0 Å². The van der Waals surface area contributed by atoms with Gasteiger partial charge in [0, 0.05) is 30.1 Å². The average Bonchev–Trinajstić information content (AvgIpc) is 3.05. The molecule has 0 aliphatic carbocycles. The van der Waals surface area contributed by atoms with E-state index in [0.717, 1.165) is 11.2 Å². The summed E-state index contributed by atoms with van der Waals surface area (Å²) in [7, 11) is 0. The van der Waals surface area contributed by atoms with E-state index in [-0.39, 0.29) is 5.91 Å². The quantitative estimate of drug-likeness (QED) is 0.715. The molecule has 0 unspecified atom stereocenters. The van der Waals surface area contributed by atoms with Crippen molar-refractivity contribution < 1.29 is 14.3 Å². The maximum Gasteiger partial charge on any atom is 0.251 e. The highest BCUT2D eigenvalue weighted by Crippen LogP contribution is 2.28. The van der Waals surface area contributed by atoms with Gasteiger partial charge in [-0.25, -0.2) is 9.50 Å². The first-order chi connectivity index (χ1) is 12.2. The van der Waals surface area contributed by atoms with Crippen LogP contribution in [0.4, 0.5) is 0 Å². The van der Waals surface area contributed by atoms with Crippen LogP contribution in [0.25, 0.3) is 5.65 Å². The number of hydrogen-bond donors (Lipinski definition) is 1. The maximum absolute atomic E-state index is 12.4. The van der Waals surface area contributed by atoms with Crippen LogP contribution in [0.15, 0.2) is 42.9 Å². The standard InChI is InChI=1S/C18H20N4O3/c1-3-24-15-7-6-13(10-16(15)25-4-2)18(23)20-11-14-12-21-22-9-5-8-19-17(14)22/h5-10,12H,3-4,11H2,1-2H3,(H,20,23). The van der Waals surface area contributed by atoms with E-state index in [9.17, 15) is 4.79 Å². The Kier molecular flexibility index (Phi) is 5.13. The summed E-state index contributed by atoms with van der Waals surface area (Å²) in [5, 5.41) is 7.09. The highest BCUT2D eigenvalue weighted by atomic mass is 16.5. The Hall–Kier alpha value is -3.09. The van der Waals surface area contributed by atoms with Crippen LogP contribution in [0.5, 0.6) is 11.5 Å². The molecule has 25 heavy (non-hydrogen) atoms. The molecule has 0 fully saturated rings. The highest BCUT2D eigenvalue weighted by molar-refractivity contribution is 5.94. The molecule has 0 saturated heterocycles. The van der Waals surface area contributed by atoms with Gasteiger partial charge in [0.25, 0.3) is 5.91 Å². The smallest absolute Gasteiger partial charge is 0.251 e. The SMILES string of the molecule is CCOc1ccc(C(=O)NCc2cnn3cccnc23)cc1OCC. The molecule has 0 aliphatic rings. The number of carbonyl (C=O) groups is 1. The predicted octanol–water partition coefficient (Wildman–Crippen LogP) is 2.46. The minimum atomic E-state index is -0.195. The molecule has 3 aromatic rings. The number of amides is 1. The lowest BCUT2D eigenvalue weighted by atomic mass is 10.2. The summed E-state index contributed by atoms with van der Waals surface area (Å²) >= 11 is 0. The van der Waals surface area contributed by atoms with Crippen molar-refractivity contribution in [3.63, 3.8) is 0 Å². The molecule has 2 heterocycles. The molecule has 0 radical (unpaired) electrons. The summed E-state index contributed by atoms with van der Waals surface area (Å²) < 4.78 is 12.7. The van der Waals surface area contributed by atoms with Crippen LogP contribution >= 0.6 is 0 Å². The van der Waals surface area contributed by atoms with Crippen molar-refractivity contribution in [2.45, 2.75) is 20.4 Å². The van der Waals surface area contributed by atoms with Crippen LogP contribution < -0.4 is 14.8 Å². The van der Waals surface area contributed by atoms with E-state index < -0.39 is 0 Å².